The van der Waals surface area contributed by atoms with E-state index in [2.05, 4.69) is 15.6 Å². The Kier molecular flexibility index (Phi) is 11.0. The molecule has 3 amide bonds. The molecule has 0 bridgehead atoms. The van der Waals surface area contributed by atoms with Crippen molar-refractivity contribution in [3.8, 4) is 0 Å². The van der Waals surface area contributed by atoms with Crippen molar-refractivity contribution in [3.05, 3.63) is 108 Å². The highest BCUT2D eigenvalue weighted by Gasteiger charge is 2.50. The number of hydrogen-bond donors (Lipinski definition) is 4. The van der Waals surface area contributed by atoms with Gasteiger partial charge in [0.2, 0.25) is 11.8 Å². The highest BCUT2D eigenvalue weighted by atomic mass is 16.6. The van der Waals surface area contributed by atoms with Crippen molar-refractivity contribution in [1.82, 2.24) is 15.6 Å². The molecular weight excluding hydrogens is 612 g/mol. The summed E-state index contributed by atoms with van der Waals surface area (Å²) in [4.78, 5) is 69.1. The number of primary amides is 1. The molecule has 0 radical (unpaired) electrons. The van der Waals surface area contributed by atoms with Crippen molar-refractivity contribution in [3.63, 3.8) is 0 Å². The average molecular weight is 653 g/mol. The molecule has 3 aromatic carbocycles. The minimum absolute atomic E-state index is 0.0194. The highest BCUT2D eigenvalue weighted by Crippen LogP contribution is 2.30. The van der Waals surface area contributed by atoms with Crippen molar-refractivity contribution in [2.45, 2.75) is 63.3 Å². The summed E-state index contributed by atoms with van der Waals surface area (Å²) in [5.74, 6) is -2.78. The van der Waals surface area contributed by atoms with Crippen LogP contribution in [0.3, 0.4) is 0 Å². The first-order valence-corrected chi connectivity index (χ1v) is 16.0. The lowest BCUT2D eigenvalue weighted by Crippen LogP contribution is -2.50. The van der Waals surface area contributed by atoms with E-state index < -0.39 is 47.3 Å². The van der Waals surface area contributed by atoms with Crippen molar-refractivity contribution >= 4 is 40.4 Å². The number of H-pyrrole nitrogens is 1. The van der Waals surface area contributed by atoms with Crippen LogP contribution >= 0.6 is 0 Å². The maximum Gasteiger partial charge on any atom is 0.408 e. The van der Waals surface area contributed by atoms with Gasteiger partial charge in [0.15, 0.2) is 11.6 Å². The van der Waals surface area contributed by atoms with Crippen LogP contribution < -0.4 is 16.4 Å². The highest BCUT2D eigenvalue weighted by molar-refractivity contribution is 5.98. The number of fused-ring (bicyclic) bond motifs is 1. The van der Waals surface area contributed by atoms with Gasteiger partial charge in [-0.3, -0.25) is 19.2 Å². The molecule has 0 aliphatic carbocycles. The van der Waals surface area contributed by atoms with Crippen LogP contribution in [-0.4, -0.2) is 58.7 Å². The summed E-state index contributed by atoms with van der Waals surface area (Å²) in [5, 5.41) is 6.39. The number of nitrogens with two attached hydrogens (primary N) is 1. The summed E-state index contributed by atoms with van der Waals surface area (Å²) < 4.78 is 10.8. The van der Waals surface area contributed by atoms with Gasteiger partial charge in [-0.15, -0.1) is 0 Å². The van der Waals surface area contributed by atoms with Crippen molar-refractivity contribution in [1.29, 1.82) is 0 Å². The number of epoxide rings is 1. The Hall–Kier alpha value is -5.29. The van der Waals surface area contributed by atoms with Crippen LogP contribution in [0.4, 0.5) is 4.79 Å². The number of alkyl carbamates (subject to hydrolysis) is 1. The van der Waals surface area contributed by atoms with Gasteiger partial charge in [0.05, 0.1) is 18.7 Å². The summed E-state index contributed by atoms with van der Waals surface area (Å²) in [6.45, 7) is 1.94. The zero-order valence-electron chi connectivity index (χ0n) is 26.8. The topological polar surface area (TPSA) is 173 Å². The van der Waals surface area contributed by atoms with E-state index in [-0.39, 0.29) is 51.1 Å². The number of benzene rings is 3. The predicted octanol–water partition coefficient (Wildman–Crippen LogP) is 3.93. The SMILES string of the molecule is CC1(C(=O)[C@H](Cc2ccccc2)NC(=O)[C@@H](CC(=O)[C@H](CCC(N)=O)NC(=O)OCc2ccccc2)Cc2c[nH]c3ccccc23)CO1. The molecular formula is C37H40N4O7. The number of nitrogens with one attached hydrogen (secondary N) is 3. The van der Waals surface area contributed by atoms with E-state index in [9.17, 15) is 24.0 Å². The van der Waals surface area contributed by atoms with Gasteiger partial charge in [-0.25, -0.2) is 4.79 Å². The number of ketones is 2. The Bertz CT molecular complexity index is 1750. The predicted molar refractivity (Wildman–Crippen MR) is 179 cm³/mol. The molecule has 4 aromatic rings. The largest absolute Gasteiger partial charge is 0.445 e. The Morgan fingerprint density at radius 3 is 2.19 bits per heavy atom. The fourth-order valence-electron chi connectivity index (χ4n) is 5.68. The van der Waals surface area contributed by atoms with Crippen LogP contribution in [0.2, 0.25) is 0 Å². The van der Waals surface area contributed by atoms with E-state index in [1.807, 2.05) is 72.8 Å². The second-order valence-corrected chi connectivity index (χ2v) is 12.3. The summed E-state index contributed by atoms with van der Waals surface area (Å²) >= 11 is 0. The number of carbonyl (C=O) groups is 5. The number of rotatable bonds is 17. The lowest BCUT2D eigenvalue weighted by atomic mass is 9.88. The number of carbonyl (C=O) groups excluding carboxylic acids is 5. The van der Waals surface area contributed by atoms with Crippen molar-refractivity contribution in [2.75, 3.05) is 6.61 Å². The molecule has 2 heterocycles. The molecule has 0 spiro atoms. The molecule has 1 aromatic heterocycles. The Morgan fingerprint density at radius 1 is 0.875 bits per heavy atom. The van der Waals surface area contributed by atoms with Gasteiger partial charge in [-0.05, 0) is 48.9 Å². The van der Waals surface area contributed by atoms with E-state index in [0.717, 1.165) is 27.6 Å². The van der Waals surface area contributed by atoms with Crippen LogP contribution in [0, 0.1) is 5.92 Å². The maximum atomic E-state index is 14.1. The van der Waals surface area contributed by atoms with E-state index in [1.54, 1.807) is 25.3 Å². The Balaban J connectivity index is 1.36. The lowest BCUT2D eigenvalue weighted by molar-refractivity contribution is -0.134. The van der Waals surface area contributed by atoms with E-state index in [0.29, 0.717) is 0 Å². The standard InChI is InChI=1S/C37H40N4O7/c1-37(23-48-37)34(44)31(18-24-10-4-2-5-11-24)40-35(45)26(19-27-21-39-29-15-9-8-14-28(27)29)20-32(42)30(16-17-33(38)43)41-36(46)47-22-25-12-6-3-7-13-25/h2-15,21,26,30-31,39H,16-20,22-23H2,1H3,(H2,38,43)(H,40,45)(H,41,46)/t26-,30+,31+,37?/m1/s1. The fraction of sp³-hybridized carbons (Fsp3) is 0.324. The number of ether oxygens (including phenoxy) is 2. The van der Waals surface area contributed by atoms with Gasteiger partial charge >= 0.3 is 6.09 Å². The first-order chi connectivity index (χ1) is 23.1. The third kappa shape index (κ3) is 9.16. The number of amides is 3. The third-order valence-electron chi connectivity index (χ3n) is 8.55. The van der Waals surface area contributed by atoms with Crippen LogP contribution in [0.5, 0.6) is 0 Å². The van der Waals surface area contributed by atoms with Crippen LogP contribution in [0.1, 0.15) is 42.9 Å². The molecule has 0 saturated carbocycles. The van der Waals surface area contributed by atoms with E-state index in [1.165, 1.54) is 0 Å². The molecule has 48 heavy (non-hydrogen) atoms. The van der Waals surface area contributed by atoms with E-state index in [4.69, 9.17) is 15.2 Å². The first kappa shape index (κ1) is 34.1. The van der Waals surface area contributed by atoms with Crippen LogP contribution in [-0.2, 0) is 48.1 Å². The molecule has 1 aliphatic rings. The monoisotopic (exact) mass is 652 g/mol. The summed E-state index contributed by atoms with van der Waals surface area (Å²) in [5.41, 5.74) is 7.69. The molecule has 4 atom stereocenters. The van der Waals surface area contributed by atoms with Crippen LogP contribution in [0.15, 0.2) is 91.1 Å². The molecule has 1 aliphatic heterocycles. The quantitative estimate of drug-likeness (QED) is 0.125. The van der Waals surface area contributed by atoms with Gasteiger partial charge in [0.25, 0.3) is 0 Å². The summed E-state index contributed by atoms with van der Waals surface area (Å²) in [6, 6.07) is 24.0. The molecule has 250 valence electrons. The van der Waals surface area contributed by atoms with Crippen LogP contribution in [0.25, 0.3) is 10.9 Å². The molecule has 1 unspecified atom stereocenters. The minimum atomic E-state index is -1.14. The smallest absolute Gasteiger partial charge is 0.408 e. The average Bonchev–Trinajstić information content (AvgIpc) is 3.72. The van der Waals surface area contributed by atoms with Gasteiger partial charge in [0.1, 0.15) is 12.2 Å². The molecule has 1 fully saturated rings. The lowest BCUT2D eigenvalue weighted by Gasteiger charge is -2.25. The Morgan fingerprint density at radius 2 is 1.52 bits per heavy atom. The van der Waals surface area contributed by atoms with Gasteiger partial charge in [-0.1, -0.05) is 78.9 Å². The van der Waals surface area contributed by atoms with Gasteiger partial charge in [-0.2, -0.15) is 0 Å². The van der Waals surface area contributed by atoms with Gasteiger partial charge < -0.3 is 30.8 Å². The Labute approximate surface area is 278 Å². The number of aromatic amines is 1. The molecule has 11 nitrogen and oxygen atoms in total. The van der Waals surface area contributed by atoms with Crippen molar-refractivity contribution in [2.24, 2.45) is 11.7 Å². The van der Waals surface area contributed by atoms with Crippen molar-refractivity contribution < 1.29 is 33.4 Å². The summed E-state index contributed by atoms with van der Waals surface area (Å²) in [6.07, 6.45) is 0.849. The molecule has 5 N–H and O–H groups in total. The number of hydrogen-bond acceptors (Lipinski definition) is 7. The normalized spacial score (nSPS) is 17.1. The molecule has 11 heteroatoms. The minimum Gasteiger partial charge on any atom is -0.445 e. The fourth-order valence-corrected chi connectivity index (χ4v) is 5.68. The second kappa shape index (κ2) is 15.5. The maximum absolute atomic E-state index is 14.1. The number of para-hydroxylation sites is 1. The van der Waals surface area contributed by atoms with E-state index >= 15 is 0 Å². The number of aromatic nitrogens is 1. The third-order valence-corrected chi connectivity index (χ3v) is 8.55. The first-order valence-electron chi connectivity index (χ1n) is 16.0. The van der Waals surface area contributed by atoms with Gasteiger partial charge in [0, 0.05) is 35.9 Å². The number of Topliss-reactive ketones (excluding diaryl/α,β-unsaturated/α-hetero) is 2. The summed E-state index contributed by atoms with van der Waals surface area (Å²) in [7, 11) is 0. The molecule has 1 saturated heterocycles. The second-order valence-electron chi connectivity index (χ2n) is 12.3. The molecule has 5 rings (SSSR count). The zero-order valence-corrected chi connectivity index (χ0v) is 26.8. The zero-order chi connectivity index (χ0) is 34.1.